The minimum absolute atomic E-state index is 0.0592. The van der Waals surface area contributed by atoms with E-state index in [9.17, 15) is 9.90 Å². The van der Waals surface area contributed by atoms with Gasteiger partial charge in [-0.3, -0.25) is 0 Å². The van der Waals surface area contributed by atoms with Gasteiger partial charge in [-0.25, -0.2) is 9.78 Å². The number of aliphatic carboxylic acids is 1. The number of aromatic nitrogens is 1. The molecule has 25 heavy (non-hydrogen) atoms. The molecule has 0 atom stereocenters. The standard InChI is InChI=1S/C18H12N2O4S/c19-8-9-23-13-5-3-4-12(10-13)11-16(17(21)22)25-18-20-14-6-1-2-7-15(14)24-18/h1-7,10-11H,9H2,(H,21,22)/b16-11+. The Morgan fingerprint density at radius 3 is 2.92 bits per heavy atom. The van der Waals surface area contributed by atoms with Gasteiger partial charge in [-0.1, -0.05) is 24.3 Å². The van der Waals surface area contributed by atoms with E-state index >= 15 is 0 Å². The normalized spacial score (nSPS) is 11.2. The number of carboxylic acids is 1. The number of oxazole rings is 1. The van der Waals surface area contributed by atoms with Crippen molar-refractivity contribution in [2.45, 2.75) is 5.22 Å². The van der Waals surface area contributed by atoms with Crippen molar-refractivity contribution in [3.8, 4) is 11.8 Å². The summed E-state index contributed by atoms with van der Waals surface area (Å²) >= 11 is 0.932. The van der Waals surface area contributed by atoms with Gasteiger partial charge in [0.05, 0.1) is 0 Å². The number of para-hydroxylation sites is 2. The molecule has 1 heterocycles. The number of nitriles is 1. The first-order valence-electron chi connectivity index (χ1n) is 7.24. The van der Waals surface area contributed by atoms with Gasteiger partial charge < -0.3 is 14.3 Å². The highest BCUT2D eigenvalue weighted by atomic mass is 32.2. The van der Waals surface area contributed by atoms with Crippen LogP contribution in [0.4, 0.5) is 0 Å². The number of carbonyl (C=O) groups is 1. The lowest BCUT2D eigenvalue weighted by Crippen LogP contribution is -1.97. The number of carboxylic acid groups (broad SMARTS) is 1. The Bertz CT molecular complexity index is 955. The zero-order valence-corrected chi connectivity index (χ0v) is 13.7. The summed E-state index contributed by atoms with van der Waals surface area (Å²) in [5.41, 5.74) is 1.90. The molecule has 124 valence electrons. The van der Waals surface area contributed by atoms with Gasteiger partial charge in [-0.15, -0.1) is 0 Å². The summed E-state index contributed by atoms with van der Waals surface area (Å²) in [5, 5.41) is 18.3. The van der Waals surface area contributed by atoms with Crippen LogP contribution in [-0.4, -0.2) is 22.7 Å². The number of rotatable bonds is 6. The van der Waals surface area contributed by atoms with Crippen LogP contribution in [0.2, 0.25) is 0 Å². The Labute approximate surface area is 147 Å². The van der Waals surface area contributed by atoms with E-state index in [4.69, 9.17) is 14.4 Å². The van der Waals surface area contributed by atoms with Crippen LogP contribution < -0.4 is 4.74 Å². The lowest BCUT2D eigenvalue weighted by molar-refractivity contribution is -0.131. The van der Waals surface area contributed by atoms with Crippen LogP contribution >= 0.6 is 11.8 Å². The Morgan fingerprint density at radius 1 is 1.32 bits per heavy atom. The molecule has 0 aliphatic carbocycles. The average molecular weight is 352 g/mol. The Hall–Kier alpha value is -3.24. The topological polar surface area (TPSA) is 96.4 Å². The van der Waals surface area contributed by atoms with Crippen LogP contribution in [0.5, 0.6) is 5.75 Å². The van der Waals surface area contributed by atoms with Crippen molar-refractivity contribution in [2.75, 3.05) is 6.61 Å². The van der Waals surface area contributed by atoms with Crippen molar-refractivity contribution in [2.24, 2.45) is 0 Å². The van der Waals surface area contributed by atoms with E-state index in [1.54, 1.807) is 36.4 Å². The third-order valence-corrected chi connectivity index (χ3v) is 4.00. The first kappa shape index (κ1) is 16.6. The van der Waals surface area contributed by atoms with E-state index < -0.39 is 5.97 Å². The van der Waals surface area contributed by atoms with Crippen LogP contribution in [0.15, 0.2) is 63.1 Å². The highest BCUT2D eigenvalue weighted by molar-refractivity contribution is 8.03. The molecule has 2 aromatic carbocycles. The van der Waals surface area contributed by atoms with Crippen LogP contribution in [0.1, 0.15) is 5.56 Å². The van der Waals surface area contributed by atoms with Crippen LogP contribution in [0, 0.1) is 11.3 Å². The van der Waals surface area contributed by atoms with E-state index in [1.807, 2.05) is 18.2 Å². The summed E-state index contributed by atoms with van der Waals surface area (Å²) in [7, 11) is 0. The Balaban J connectivity index is 1.86. The lowest BCUT2D eigenvalue weighted by Gasteiger charge is -2.03. The molecule has 0 aliphatic heterocycles. The maximum atomic E-state index is 11.5. The molecule has 0 unspecified atom stereocenters. The van der Waals surface area contributed by atoms with E-state index in [-0.39, 0.29) is 16.7 Å². The fourth-order valence-corrected chi connectivity index (χ4v) is 2.83. The molecule has 6 nitrogen and oxygen atoms in total. The van der Waals surface area contributed by atoms with E-state index in [2.05, 4.69) is 4.98 Å². The zero-order valence-electron chi connectivity index (χ0n) is 12.9. The average Bonchev–Trinajstić information content (AvgIpc) is 3.02. The SMILES string of the molecule is N#CCOc1cccc(/C=C(/Sc2nc3ccccc3o2)C(=O)O)c1. The van der Waals surface area contributed by atoms with E-state index in [1.165, 1.54) is 6.08 Å². The van der Waals surface area contributed by atoms with Gasteiger partial charge in [0.1, 0.15) is 22.2 Å². The number of hydrogen-bond acceptors (Lipinski definition) is 6. The Morgan fingerprint density at radius 2 is 2.16 bits per heavy atom. The number of nitrogens with zero attached hydrogens (tertiary/aromatic N) is 2. The third-order valence-electron chi connectivity index (χ3n) is 3.14. The first-order valence-corrected chi connectivity index (χ1v) is 8.05. The van der Waals surface area contributed by atoms with Gasteiger partial charge in [0.25, 0.3) is 5.22 Å². The molecular weight excluding hydrogens is 340 g/mol. The predicted molar refractivity (Wildman–Crippen MR) is 93.0 cm³/mol. The summed E-state index contributed by atoms with van der Waals surface area (Å²) < 4.78 is 10.8. The quantitative estimate of drug-likeness (QED) is 0.530. The van der Waals surface area contributed by atoms with Crippen molar-refractivity contribution in [1.29, 1.82) is 5.26 Å². The van der Waals surface area contributed by atoms with Gasteiger partial charge in [0.2, 0.25) is 0 Å². The second kappa shape index (κ2) is 7.55. The molecule has 0 aliphatic rings. The molecular formula is C18H12N2O4S. The molecule has 1 aromatic heterocycles. The molecule has 3 aromatic rings. The molecule has 0 radical (unpaired) electrons. The van der Waals surface area contributed by atoms with Crippen molar-refractivity contribution in [3.63, 3.8) is 0 Å². The maximum Gasteiger partial charge on any atom is 0.342 e. The van der Waals surface area contributed by atoms with Crippen molar-refractivity contribution in [1.82, 2.24) is 4.98 Å². The highest BCUT2D eigenvalue weighted by Crippen LogP contribution is 2.31. The molecule has 0 saturated heterocycles. The summed E-state index contributed by atoms with van der Waals surface area (Å²) in [6.45, 7) is -0.0728. The minimum atomic E-state index is -1.09. The molecule has 0 bridgehead atoms. The fourth-order valence-electron chi connectivity index (χ4n) is 2.08. The second-order valence-electron chi connectivity index (χ2n) is 4.88. The minimum Gasteiger partial charge on any atom is -0.479 e. The van der Waals surface area contributed by atoms with Crippen molar-refractivity contribution >= 4 is 34.9 Å². The van der Waals surface area contributed by atoms with Gasteiger partial charge in [-0.2, -0.15) is 5.26 Å². The summed E-state index contributed by atoms with van der Waals surface area (Å²) in [6.07, 6.45) is 1.50. The summed E-state index contributed by atoms with van der Waals surface area (Å²) in [5.74, 6) is -0.595. The van der Waals surface area contributed by atoms with Crippen LogP contribution in [0.3, 0.4) is 0 Å². The van der Waals surface area contributed by atoms with Crippen LogP contribution in [-0.2, 0) is 4.79 Å². The van der Waals surface area contributed by atoms with E-state index in [0.29, 0.717) is 22.4 Å². The zero-order chi connectivity index (χ0) is 17.6. The Kier molecular flexibility index (Phi) is 5.02. The van der Waals surface area contributed by atoms with Gasteiger partial charge >= 0.3 is 5.97 Å². The number of ether oxygens (including phenoxy) is 1. The maximum absolute atomic E-state index is 11.5. The van der Waals surface area contributed by atoms with Crippen molar-refractivity contribution in [3.05, 3.63) is 59.0 Å². The molecule has 0 amide bonds. The highest BCUT2D eigenvalue weighted by Gasteiger charge is 2.15. The smallest absolute Gasteiger partial charge is 0.342 e. The second-order valence-corrected chi connectivity index (χ2v) is 5.88. The first-order chi connectivity index (χ1) is 12.2. The van der Waals surface area contributed by atoms with E-state index in [0.717, 1.165) is 11.8 Å². The molecule has 1 N–H and O–H groups in total. The van der Waals surface area contributed by atoms with Crippen LogP contribution in [0.25, 0.3) is 17.2 Å². The fraction of sp³-hybridized carbons (Fsp3) is 0.0556. The van der Waals surface area contributed by atoms with Gasteiger partial charge in [0, 0.05) is 0 Å². The number of hydrogen-bond donors (Lipinski definition) is 1. The van der Waals surface area contributed by atoms with Gasteiger partial charge in [-0.05, 0) is 47.7 Å². The summed E-state index contributed by atoms with van der Waals surface area (Å²) in [4.78, 5) is 15.9. The monoisotopic (exact) mass is 352 g/mol. The third kappa shape index (κ3) is 4.19. The number of fused-ring (bicyclic) bond motifs is 1. The number of thioether (sulfide) groups is 1. The lowest BCUT2D eigenvalue weighted by atomic mass is 10.2. The largest absolute Gasteiger partial charge is 0.479 e. The molecule has 0 spiro atoms. The summed E-state index contributed by atoms with van der Waals surface area (Å²) in [6, 6.07) is 15.9. The molecule has 0 saturated carbocycles. The predicted octanol–water partition coefficient (Wildman–Crippen LogP) is 3.95. The van der Waals surface area contributed by atoms with Gasteiger partial charge in [0.15, 0.2) is 12.2 Å². The molecule has 3 rings (SSSR count). The molecule has 7 heteroatoms. The van der Waals surface area contributed by atoms with Crippen molar-refractivity contribution < 1.29 is 19.1 Å². The number of benzene rings is 2. The molecule has 0 fully saturated rings.